The zero-order chi connectivity index (χ0) is 15.1. The Morgan fingerprint density at radius 2 is 2.10 bits per heavy atom. The van der Waals surface area contributed by atoms with Gasteiger partial charge in [0.1, 0.15) is 11.5 Å². The van der Waals surface area contributed by atoms with E-state index in [9.17, 15) is 13.2 Å². The molecule has 0 saturated carbocycles. The van der Waals surface area contributed by atoms with E-state index in [1.807, 2.05) is 0 Å². The Hall–Kier alpha value is -1.90. The van der Waals surface area contributed by atoms with E-state index in [1.165, 1.54) is 16.7 Å². The number of nitrogens with two attached hydrogens (primary N) is 1. The summed E-state index contributed by atoms with van der Waals surface area (Å²) < 4.78 is 42.8. The van der Waals surface area contributed by atoms with Crippen molar-refractivity contribution >= 4 is 13.1 Å². The number of hydrogen-bond acceptors (Lipinski definition) is 4. The molecule has 0 saturated heterocycles. The fourth-order valence-corrected chi connectivity index (χ4v) is 1.94. The highest BCUT2D eigenvalue weighted by Gasteiger charge is 2.38. The Kier molecular flexibility index (Phi) is 3.55. The van der Waals surface area contributed by atoms with Gasteiger partial charge in [-0.3, -0.25) is 0 Å². The van der Waals surface area contributed by atoms with Crippen LogP contribution in [0.1, 0.15) is 16.7 Å². The molecule has 2 bridgehead atoms. The van der Waals surface area contributed by atoms with Crippen LogP contribution in [0.25, 0.3) is 0 Å². The molecule has 0 amide bonds. The molecule has 9 heteroatoms. The van der Waals surface area contributed by atoms with Crippen molar-refractivity contribution in [3.63, 3.8) is 0 Å². The molecule has 20 heavy (non-hydrogen) atoms. The van der Waals surface area contributed by atoms with Gasteiger partial charge in [0.05, 0.1) is 6.44 Å². The summed E-state index contributed by atoms with van der Waals surface area (Å²) in [5.74, 6) is -0.965. The first-order valence-corrected chi connectivity index (χ1v) is 5.73. The van der Waals surface area contributed by atoms with Crippen LogP contribution in [0.2, 0.25) is 0 Å². The summed E-state index contributed by atoms with van der Waals surface area (Å²) >= 11 is 0. The molecule has 0 atom stereocenters. The van der Waals surface area contributed by atoms with Crippen molar-refractivity contribution < 1.29 is 32.4 Å². The van der Waals surface area contributed by atoms with Gasteiger partial charge in [-0.2, -0.15) is 13.2 Å². The number of benzene rings is 1. The summed E-state index contributed by atoms with van der Waals surface area (Å²) in [5, 5.41) is 7.12. The van der Waals surface area contributed by atoms with E-state index < -0.39 is 12.1 Å². The predicted octanol–water partition coefficient (Wildman–Crippen LogP) is 1.29. The molecule has 0 unspecified atom stereocenters. The molecule has 0 radical (unpaired) electrons. The van der Waals surface area contributed by atoms with Crippen LogP contribution in [0, 0.1) is 6.92 Å². The smallest absolute Gasteiger partial charge is 0.522 e. The van der Waals surface area contributed by atoms with Crippen LogP contribution in [0.15, 0.2) is 6.07 Å². The zero-order valence-electron chi connectivity index (χ0n) is 10.5. The third-order valence-corrected chi connectivity index (χ3v) is 3.05. The third-order valence-electron chi connectivity index (χ3n) is 3.05. The van der Waals surface area contributed by atoms with E-state index in [0.717, 1.165) is 17.9 Å². The molecule has 3 aliphatic rings. The highest BCUT2D eigenvalue weighted by atomic mass is 19.4. The number of halogens is 3. The van der Waals surface area contributed by atoms with E-state index in [4.69, 9.17) is 24.9 Å². The summed E-state index contributed by atoms with van der Waals surface area (Å²) in [6.07, 6.45) is -3.65. The molecule has 4 rings (SSSR count). The summed E-state index contributed by atoms with van der Waals surface area (Å²) in [5.41, 5.74) is 9.48. The van der Waals surface area contributed by atoms with Crippen LogP contribution in [-0.2, 0) is 11.2 Å². The molecule has 108 valence electrons. The average Bonchev–Trinajstić information content (AvgIpc) is 2.80. The highest BCUT2D eigenvalue weighted by Crippen LogP contribution is 2.47. The number of carboxylic acid groups (broad SMARTS) is 1. The van der Waals surface area contributed by atoms with Gasteiger partial charge in [-0.05, 0) is 24.1 Å². The van der Waals surface area contributed by atoms with Crippen molar-refractivity contribution in [2.24, 2.45) is 5.73 Å². The lowest BCUT2D eigenvalue weighted by Crippen LogP contribution is -2.34. The lowest BCUT2D eigenvalue weighted by molar-refractivity contribution is -0.192. The SMILES string of the molecule is Cc1c2cc3c(c1C2)OB(CN)O3.O=C(O)C(F)(F)F. The Bertz CT molecular complexity index is 562. The maximum absolute atomic E-state index is 10.6. The Labute approximate surface area is 112 Å². The second-order valence-electron chi connectivity index (χ2n) is 4.35. The van der Waals surface area contributed by atoms with E-state index in [0.29, 0.717) is 6.44 Å². The van der Waals surface area contributed by atoms with Crippen LogP contribution >= 0.6 is 0 Å². The van der Waals surface area contributed by atoms with Crippen LogP contribution in [0.3, 0.4) is 0 Å². The fraction of sp³-hybridized carbons (Fsp3) is 0.364. The maximum atomic E-state index is 10.6. The van der Waals surface area contributed by atoms with Crippen molar-refractivity contribution in [2.75, 3.05) is 6.44 Å². The van der Waals surface area contributed by atoms with Crippen LogP contribution in [0.5, 0.6) is 11.5 Å². The molecule has 0 spiro atoms. The van der Waals surface area contributed by atoms with E-state index in [1.54, 1.807) is 0 Å². The van der Waals surface area contributed by atoms with Crippen molar-refractivity contribution in [3.8, 4) is 11.5 Å². The largest absolute Gasteiger partial charge is 0.609 e. The molecular formula is C11H11BF3NO4. The van der Waals surface area contributed by atoms with E-state index in [2.05, 4.69) is 13.0 Å². The number of carboxylic acids is 1. The van der Waals surface area contributed by atoms with Gasteiger partial charge in [0.15, 0.2) is 0 Å². The standard InChI is InChI=1S/C9H10BNO2.C2HF3O2/c1-5-6-2-7(5)9-8(3-6)12-10(4-11)13-9;3-2(4,5)1(6)7/h3H,2,4,11H2,1H3;(H,6,7). The normalized spacial score (nSPS) is 14.3. The summed E-state index contributed by atoms with van der Waals surface area (Å²) in [6.45, 7) is 2.12. The molecule has 0 aromatic heterocycles. The zero-order valence-corrected chi connectivity index (χ0v) is 10.5. The molecule has 5 nitrogen and oxygen atoms in total. The number of hydrogen-bond donors (Lipinski definition) is 2. The van der Waals surface area contributed by atoms with Crippen molar-refractivity contribution in [1.29, 1.82) is 0 Å². The first-order valence-electron chi connectivity index (χ1n) is 5.73. The first-order chi connectivity index (χ1) is 9.24. The Balaban J connectivity index is 0.000000182. The Morgan fingerprint density at radius 1 is 1.50 bits per heavy atom. The molecule has 1 heterocycles. The molecule has 3 N–H and O–H groups in total. The van der Waals surface area contributed by atoms with Crippen molar-refractivity contribution in [2.45, 2.75) is 19.5 Å². The van der Waals surface area contributed by atoms with Gasteiger partial charge in [-0.15, -0.1) is 0 Å². The number of aliphatic carboxylic acids is 1. The van der Waals surface area contributed by atoms with Crippen LogP contribution in [0.4, 0.5) is 13.2 Å². The quantitative estimate of drug-likeness (QED) is 0.773. The van der Waals surface area contributed by atoms with Gasteiger partial charge in [0.2, 0.25) is 0 Å². The average molecular weight is 289 g/mol. The van der Waals surface area contributed by atoms with Crippen LogP contribution in [-0.4, -0.2) is 30.8 Å². The lowest BCUT2D eigenvalue weighted by Gasteiger charge is -2.23. The van der Waals surface area contributed by atoms with Gasteiger partial charge in [-0.1, -0.05) is 0 Å². The molecule has 0 fully saturated rings. The van der Waals surface area contributed by atoms with Crippen LogP contribution < -0.4 is 15.0 Å². The van der Waals surface area contributed by atoms with E-state index >= 15 is 0 Å². The van der Waals surface area contributed by atoms with Gasteiger partial charge in [0, 0.05) is 12.0 Å². The molecule has 1 aromatic carbocycles. The van der Waals surface area contributed by atoms with Gasteiger partial charge in [-0.25, -0.2) is 4.79 Å². The number of rotatable bonds is 1. The molecule has 1 aromatic rings. The monoisotopic (exact) mass is 289 g/mol. The third kappa shape index (κ3) is 2.53. The van der Waals surface area contributed by atoms with Crippen molar-refractivity contribution in [3.05, 3.63) is 22.8 Å². The molecule has 1 aliphatic heterocycles. The van der Waals surface area contributed by atoms with Crippen molar-refractivity contribution in [1.82, 2.24) is 0 Å². The molecular weight excluding hydrogens is 278 g/mol. The second kappa shape index (κ2) is 4.90. The number of aryl methyl sites for hydroxylation is 1. The fourth-order valence-electron chi connectivity index (χ4n) is 1.94. The predicted molar refractivity (Wildman–Crippen MR) is 63.7 cm³/mol. The van der Waals surface area contributed by atoms with Gasteiger partial charge >= 0.3 is 19.3 Å². The van der Waals surface area contributed by atoms with Gasteiger partial charge < -0.3 is 20.1 Å². The second-order valence-corrected chi connectivity index (χ2v) is 4.35. The number of alkyl halides is 3. The highest BCUT2D eigenvalue weighted by molar-refractivity contribution is 6.47. The topological polar surface area (TPSA) is 81.8 Å². The summed E-state index contributed by atoms with van der Waals surface area (Å²) in [7, 11) is -0.276. The lowest BCUT2D eigenvalue weighted by atomic mass is 9.84. The molecule has 2 aliphatic carbocycles. The minimum Gasteiger partial charge on any atom is -0.522 e. The Morgan fingerprint density at radius 3 is 2.55 bits per heavy atom. The minimum absolute atomic E-state index is 0.276. The van der Waals surface area contributed by atoms with E-state index in [-0.39, 0.29) is 7.12 Å². The maximum Gasteiger partial charge on any atom is 0.609 e. The number of carbonyl (C=O) groups is 1. The first kappa shape index (κ1) is 14.5. The minimum atomic E-state index is -5.08. The van der Waals surface area contributed by atoms with Gasteiger partial charge in [0.25, 0.3) is 0 Å². The summed E-state index contributed by atoms with van der Waals surface area (Å²) in [4.78, 5) is 8.90. The summed E-state index contributed by atoms with van der Waals surface area (Å²) in [6, 6.07) is 2.06.